The number of ether oxygens (including phenoxy) is 1. The van der Waals surface area contributed by atoms with Gasteiger partial charge in [0.05, 0.1) is 22.5 Å². The van der Waals surface area contributed by atoms with E-state index in [-0.39, 0.29) is 41.4 Å². The molecule has 1 fully saturated rings. The molecule has 1 N–H and O–H groups in total. The first-order chi connectivity index (χ1) is 14.7. The van der Waals surface area contributed by atoms with E-state index in [1.54, 1.807) is 24.3 Å². The number of amides is 1. The molecule has 0 unspecified atom stereocenters. The summed E-state index contributed by atoms with van der Waals surface area (Å²) in [6, 6.07) is 13.7. The molecule has 0 spiro atoms. The van der Waals surface area contributed by atoms with Crippen molar-refractivity contribution in [1.82, 2.24) is 4.31 Å². The Labute approximate surface area is 179 Å². The van der Waals surface area contributed by atoms with Gasteiger partial charge in [0.25, 0.3) is 5.91 Å². The lowest BCUT2D eigenvalue weighted by Crippen LogP contribution is -2.48. The number of carbonyl (C=O) groups excluding carboxylic acids is 1. The molecule has 0 radical (unpaired) electrons. The van der Waals surface area contributed by atoms with Crippen LogP contribution < -0.4 is 10.7 Å². The number of morpholine rings is 1. The Kier molecular flexibility index (Phi) is 5.65. The van der Waals surface area contributed by atoms with Crippen molar-refractivity contribution < 1.29 is 22.4 Å². The number of hydrogen-bond donors (Lipinski definition) is 1. The molecule has 4 rings (SSSR count). The zero-order valence-corrected chi connectivity index (χ0v) is 17.9. The van der Waals surface area contributed by atoms with E-state index < -0.39 is 15.9 Å². The van der Waals surface area contributed by atoms with Crippen molar-refractivity contribution >= 4 is 32.6 Å². The van der Waals surface area contributed by atoms with E-state index in [0.717, 1.165) is 6.07 Å². The fourth-order valence-electron chi connectivity index (χ4n) is 3.59. The van der Waals surface area contributed by atoms with Crippen LogP contribution in [-0.4, -0.2) is 43.9 Å². The molecule has 9 heteroatoms. The van der Waals surface area contributed by atoms with Gasteiger partial charge in [-0.2, -0.15) is 4.31 Å². The summed E-state index contributed by atoms with van der Waals surface area (Å²) in [7, 11) is -3.67. The highest BCUT2D eigenvalue weighted by molar-refractivity contribution is 7.89. The SMILES string of the molecule is C[C@H]1CN(S(=O)(=O)c2ccc(NC(=O)c3cc(=O)c4ccccc4o3)cc2)C[C@H](C)O1. The standard InChI is InChI=1S/C22H22N2O6S/c1-14-12-24(13-15(2)29-14)31(27,28)17-9-7-16(8-10-17)23-22(26)21-11-19(25)18-5-3-4-6-20(18)30-21/h3-11,14-15H,12-13H2,1-2H3,(H,23,26)/t14-,15-/m0/s1. The van der Waals surface area contributed by atoms with Gasteiger partial charge in [-0.05, 0) is 50.2 Å². The number of nitrogens with one attached hydrogen (secondary N) is 1. The van der Waals surface area contributed by atoms with E-state index in [9.17, 15) is 18.0 Å². The van der Waals surface area contributed by atoms with Crippen molar-refractivity contribution in [2.75, 3.05) is 18.4 Å². The van der Waals surface area contributed by atoms with Crippen LogP contribution in [0.15, 0.2) is 68.7 Å². The predicted octanol–water partition coefficient (Wildman–Crippen LogP) is 2.84. The second-order valence-corrected chi connectivity index (χ2v) is 9.47. The Bertz CT molecular complexity index is 1270. The Morgan fingerprint density at radius 3 is 2.35 bits per heavy atom. The number of carbonyl (C=O) groups is 1. The van der Waals surface area contributed by atoms with E-state index in [1.165, 1.54) is 28.6 Å². The summed E-state index contributed by atoms with van der Waals surface area (Å²) in [6.45, 7) is 4.24. The van der Waals surface area contributed by atoms with Gasteiger partial charge in [0.2, 0.25) is 10.0 Å². The molecule has 0 bridgehead atoms. The highest BCUT2D eigenvalue weighted by Gasteiger charge is 2.32. The van der Waals surface area contributed by atoms with Gasteiger partial charge < -0.3 is 14.5 Å². The van der Waals surface area contributed by atoms with Crippen LogP contribution in [-0.2, 0) is 14.8 Å². The van der Waals surface area contributed by atoms with Crippen LogP contribution >= 0.6 is 0 Å². The number of benzene rings is 2. The van der Waals surface area contributed by atoms with Crippen molar-refractivity contribution in [3.63, 3.8) is 0 Å². The largest absolute Gasteiger partial charge is 0.451 e. The molecular formula is C22H22N2O6S. The van der Waals surface area contributed by atoms with Crippen molar-refractivity contribution in [3.8, 4) is 0 Å². The molecule has 2 atom stereocenters. The predicted molar refractivity (Wildman–Crippen MR) is 116 cm³/mol. The topological polar surface area (TPSA) is 106 Å². The van der Waals surface area contributed by atoms with Gasteiger partial charge in [-0.1, -0.05) is 12.1 Å². The van der Waals surface area contributed by atoms with Gasteiger partial charge in [0, 0.05) is 24.8 Å². The van der Waals surface area contributed by atoms with E-state index in [1.807, 2.05) is 13.8 Å². The fourth-order valence-corrected chi connectivity index (χ4v) is 5.19. The third kappa shape index (κ3) is 4.39. The van der Waals surface area contributed by atoms with E-state index in [4.69, 9.17) is 9.15 Å². The molecule has 162 valence electrons. The van der Waals surface area contributed by atoms with Gasteiger partial charge >= 0.3 is 0 Å². The molecule has 0 saturated carbocycles. The minimum absolute atomic E-state index is 0.128. The number of fused-ring (bicyclic) bond motifs is 1. The van der Waals surface area contributed by atoms with Crippen molar-refractivity contribution in [3.05, 3.63) is 70.6 Å². The van der Waals surface area contributed by atoms with Crippen molar-refractivity contribution in [2.45, 2.75) is 31.0 Å². The number of anilines is 1. The van der Waals surface area contributed by atoms with Crippen molar-refractivity contribution in [1.29, 1.82) is 0 Å². The lowest BCUT2D eigenvalue weighted by molar-refractivity contribution is -0.0440. The molecule has 1 aromatic heterocycles. The average molecular weight is 442 g/mol. The summed E-state index contributed by atoms with van der Waals surface area (Å²) in [6.07, 6.45) is -0.373. The van der Waals surface area contributed by atoms with Crippen LogP contribution in [0.4, 0.5) is 5.69 Å². The summed E-state index contributed by atoms with van der Waals surface area (Å²) in [5.74, 6) is -0.731. The van der Waals surface area contributed by atoms with Gasteiger partial charge in [-0.3, -0.25) is 9.59 Å². The summed E-state index contributed by atoms with van der Waals surface area (Å²) in [5.41, 5.74) is 0.376. The Morgan fingerprint density at radius 2 is 1.68 bits per heavy atom. The van der Waals surface area contributed by atoms with Gasteiger partial charge in [0.15, 0.2) is 11.2 Å². The first-order valence-electron chi connectivity index (χ1n) is 9.84. The van der Waals surface area contributed by atoms with Crippen LogP contribution in [0.2, 0.25) is 0 Å². The first-order valence-corrected chi connectivity index (χ1v) is 11.3. The average Bonchev–Trinajstić information content (AvgIpc) is 2.73. The molecule has 0 aliphatic carbocycles. The molecular weight excluding hydrogens is 420 g/mol. The Morgan fingerprint density at radius 1 is 1.03 bits per heavy atom. The highest BCUT2D eigenvalue weighted by atomic mass is 32.2. The van der Waals surface area contributed by atoms with E-state index >= 15 is 0 Å². The monoisotopic (exact) mass is 442 g/mol. The maximum absolute atomic E-state index is 12.9. The molecule has 2 aromatic carbocycles. The minimum atomic E-state index is -3.67. The molecule has 2 heterocycles. The van der Waals surface area contributed by atoms with E-state index in [2.05, 4.69) is 5.32 Å². The third-order valence-electron chi connectivity index (χ3n) is 4.99. The van der Waals surface area contributed by atoms with Crippen LogP contribution in [0, 0.1) is 0 Å². The third-order valence-corrected chi connectivity index (χ3v) is 6.84. The summed E-state index contributed by atoms with van der Waals surface area (Å²) in [5, 5.41) is 3.01. The molecule has 1 aliphatic rings. The fraction of sp³-hybridized carbons (Fsp3) is 0.273. The molecule has 1 amide bonds. The lowest BCUT2D eigenvalue weighted by Gasteiger charge is -2.34. The molecule has 1 aliphatic heterocycles. The maximum Gasteiger partial charge on any atom is 0.291 e. The molecule has 31 heavy (non-hydrogen) atoms. The molecule has 1 saturated heterocycles. The number of rotatable bonds is 4. The summed E-state index contributed by atoms with van der Waals surface area (Å²) in [4.78, 5) is 24.8. The lowest BCUT2D eigenvalue weighted by atomic mass is 10.2. The van der Waals surface area contributed by atoms with Crippen LogP contribution in [0.3, 0.4) is 0 Å². The van der Waals surface area contributed by atoms with Gasteiger partial charge in [-0.15, -0.1) is 0 Å². The summed E-state index contributed by atoms with van der Waals surface area (Å²) < 4.78 is 38.4. The van der Waals surface area contributed by atoms with Crippen molar-refractivity contribution in [2.24, 2.45) is 0 Å². The maximum atomic E-state index is 12.9. The Hall–Kier alpha value is -3.01. The van der Waals surface area contributed by atoms with E-state index in [0.29, 0.717) is 16.7 Å². The second kappa shape index (κ2) is 8.26. The first kappa shape index (κ1) is 21.2. The minimum Gasteiger partial charge on any atom is -0.451 e. The molecule has 8 nitrogen and oxygen atoms in total. The highest BCUT2D eigenvalue weighted by Crippen LogP contribution is 2.23. The van der Waals surface area contributed by atoms with Crippen LogP contribution in [0.5, 0.6) is 0 Å². The van der Waals surface area contributed by atoms with Gasteiger partial charge in [0.1, 0.15) is 5.58 Å². The zero-order valence-electron chi connectivity index (χ0n) is 17.1. The Balaban J connectivity index is 1.52. The normalized spacial score (nSPS) is 19.9. The smallest absolute Gasteiger partial charge is 0.291 e. The number of nitrogens with zero attached hydrogens (tertiary/aromatic N) is 1. The number of hydrogen-bond acceptors (Lipinski definition) is 6. The summed E-state index contributed by atoms with van der Waals surface area (Å²) >= 11 is 0. The number of sulfonamides is 1. The van der Waals surface area contributed by atoms with Crippen LogP contribution in [0.25, 0.3) is 11.0 Å². The quantitative estimate of drug-likeness (QED) is 0.666. The van der Waals surface area contributed by atoms with Crippen LogP contribution in [0.1, 0.15) is 24.4 Å². The molecule has 3 aromatic rings. The zero-order chi connectivity index (χ0) is 22.2. The number of para-hydroxylation sites is 1. The van der Waals surface area contributed by atoms with Gasteiger partial charge in [-0.25, -0.2) is 8.42 Å². The second-order valence-electron chi connectivity index (χ2n) is 7.53.